The number of fused-ring (bicyclic) bond motifs is 1. The van der Waals surface area contributed by atoms with E-state index in [1.54, 1.807) is 30.3 Å². The van der Waals surface area contributed by atoms with Gasteiger partial charge in [0.15, 0.2) is 0 Å². The van der Waals surface area contributed by atoms with E-state index in [1.807, 2.05) is 12.1 Å². The van der Waals surface area contributed by atoms with Crippen molar-refractivity contribution < 1.29 is 12.8 Å². The van der Waals surface area contributed by atoms with Crippen molar-refractivity contribution in [3.8, 4) is 0 Å². The van der Waals surface area contributed by atoms with Crippen molar-refractivity contribution in [3.05, 3.63) is 78.3 Å². The van der Waals surface area contributed by atoms with Gasteiger partial charge in [-0.15, -0.1) is 0 Å². The molecule has 0 atom stereocenters. The molecule has 0 bridgehead atoms. The van der Waals surface area contributed by atoms with Crippen LogP contribution in [0.3, 0.4) is 0 Å². The molecule has 1 heterocycles. The summed E-state index contributed by atoms with van der Waals surface area (Å²) in [7, 11) is -3.50. The van der Waals surface area contributed by atoms with Gasteiger partial charge in [-0.1, -0.05) is 36.9 Å². The first-order chi connectivity index (χ1) is 10.4. The molecule has 0 unspecified atom stereocenters. The number of para-hydroxylation sites is 1. The highest BCUT2D eigenvalue weighted by atomic mass is 32.2. The Labute approximate surface area is 128 Å². The number of hydrogen-bond donors (Lipinski definition) is 0. The quantitative estimate of drug-likeness (QED) is 0.740. The van der Waals surface area contributed by atoms with Gasteiger partial charge in [0, 0.05) is 5.39 Å². The SMILES string of the molecule is C=C(c1ccc(F)cc1)c1cc2ccccc2n1S(C)(=O)=O. The summed E-state index contributed by atoms with van der Waals surface area (Å²) < 4.78 is 38.7. The number of rotatable bonds is 3. The Morgan fingerprint density at radius 1 is 1.09 bits per heavy atom. The molecule has 0 saturated carbocycles. The minimum atomic E-state index is -3.50. The minimum absolute atomic E-state index is 0.347. The summed E-state index contributed by atoms with van der Waals surface area (Å²) in [5, 5.41) is 0.811. The van der Waals surface area contributed by atoms with Gasteiger partial charge in [0.2, 0.25) is 10.0 Å². The van der Waals surface area contributed by atoms with Gasteiger partial charge < -0.3 is 0 Å². The van der Waals surface area contributed by atoms with Crippen LogP contribution in [0.4, 0.5) is 4.39 Å². The fourth-order valence-corrected chi connectivity index (χ4v) is 3.54. The zero-order chi connectivity index (χ0) is 15.9. The molecular weight excluding hydrogens is 301 g/mol. The van der Waals surface area contributed by atoms with Crippen molar-refractivity contribution in [2.24, 2.45) is 0 Å². The smallest absolute Gasteiger partial charge is 0.236 e. The van der Waals surface area contributed by atoms with Crippen molar-refractivity contribution in [2.45, 2.75) is 0 Å². The molecular formula is C17H14FNO2S. The summed E-state index contributed by atoms with van der Waals surface area (Å²) in [4.78, 5) is 0. The molecule has 0 aliphatic rings. The maximum absolute atomic E-state index is 13.1. The third-order valence-electron chi connectivity index (χ3n) is 3.50. The lowest BCUT2D eigenvalue weighted by molar-refractivity contribution is 0.594. The average molecular weight is 315 g/mol. The number of benzene rings is 2. The molecule has 0 N–H and O–H groups in total. The van der Waals surface area contributed by atoms with Crippen LogP contribution in [0, 0.1) is 5.82 Å². The first-order valence-corrected chi connectivity index (χ1v) is 8.49. The van der Waals surface area contributed by atoms with E-state index in [1.165, 1.54) is 16.1 Å². The second kappa shape index (κ2) is 5.10. The van der Waals surface area contributed by atoms with Gasteiger partial charge in [-0.2, -0.15) is 0 Å². The molecule has 0 radical (unpaired) electrons. The molecule has 3 aromatic rings. The topological polar surface area (TPSA) is 39.1 Å². The number of halogens is 1. The van der Waals surface area contributed by atoms with Gasteiger partial charge in [0.25, 0.3) is 0 Å². The Balaban J connectivity index is 2.26. The molecule has 0 saturated heterocycles. The van der Waals surface area contributed by atoms with Crippen LogP contribution < -0.4 is 0 Å². The molecule has 0 amide bonds. The van der Waals surface area contributed by atoms with E-state index in [2.05, 4.69) is 6.58 Å². The molecule has 5 heteroatoms. The van der Waals surface area contributed by atoms with E-state index in [0.29, 0.717) is 22.3 Å². The molecule has 0 fully saturated rings. The third-order valence-corrected chi connectivity index (χ3v) is 4.56. The summed E-state index contributed by atoms with van der Waals surface area (Å²) in [5.41, 5.74) is 2.29. The van der Waals surface area contributed by atoms with Crippen molar-refractivity contribution in [3.63, 3.8) is 0 Å². The summed E-state index contributed by atoms with van der Waals surface area (Å²) in [6.45, 7) is 3.99. The summed E-state index contributed by atoms with van der Waals surface area (Å²) >= 11 is 0. The number of hydrogen-bond acceptors (Lipinski definition) is 2. The molecule has 3 nitrogen and oxygen atoms in total. The molecule has 0 aliphatic carbocycles. The Bertz CT molecular complexity index is 970. The fourth-order valence-electron chi connectivity index (χ4n) is 2.50. The summed E-state index contributed by atoms with van der Waals surface area (Å²) in [6, 6.07) is 14.8. The maximum Gasteiger partial charge on any atom is 0.236 e. The molecule has 0 spiro atoms. The Kier molecular flexibility index (Phi) is 3.37. The lowest BCUT2D eigenvalue weighted by atomic mass is 10.0. The van der Waals surface area contributed by atoms with E-state index < -0.39 is 10.0 Å². The van der Waals surface area contributed by atoms with Gasteiger partial charge in [-0.3, -0.25) is 0 Å². The third kappa shape index (κ3) is 2.44. The van der Waals surface area contributed by atoms with Gasteiger partial charge in [0.05, 0.1) is 17.5 Å². The number of nitrogens with zero attached hydrogens (tertiary/aromatic N) is 1. The Hall–Kier alpha value is -2.40. The zero-order valence-corrected chi connectivity index (χ0v) is 12.8. The van der Waals surface area contributed by atoms with E-state index in [9.17, 15) is 12.8 Å². The van der Waals surface area contributed by atoms with Crippen LogP contribution >= 0.6 is 0 Å². The highest BCUT2D eigenvalue weighted by molar-refractivity contribution is 7.89. The van der Waals surface area contributed by atoms with Crippen LogP contribution in [0.15, 0.2) is 61.2 Å². The molecule has 22 heavy (non-hydrogen) atoms. The van der Waals surface area contributed by atoms with Crippen LogP contribution in [0.1, 0.15) is 11.3 Å². The van der Waals surface area contributed by atoms with Crippen molar-refractivity contribution in [1.82, 2.24) is 3.97 Å². The Morgan fingerprint density at radius 2 is 1.73 bits per heavy atom. The Morgan fingerprint density at radius 3 is 2.36 bits per heavy atom. The maximum atomic E-state index is 13.1. The van der Waals surface area contributed by atoms with Gasteiger partial charge in [-0.05, 0) is 35.4 Å². The number of aromatic nitrogens is 1. The van der Waals surface area contributed by atoms with Crippen LogP contribution in [-0.4, -0.2) is 18.6 Å². The molecule has 2 aromatic carbocycles. The second-order valence-electron chi connectivity index (χ2n) is 5.10. The van der Waals surface area contributed by atoms with Crippen LogP contribution in [0.25, 0.3) is 16.5 Å². The lowest BCUT2D eigenvalue weighted by Gasteiger charge is -2.11. The molecule has 3 rings (SSSR count). The average Bonchev–Trinajstić information content (AvgIpc) is 2.86. The molecule has 1 aromatic heterocycles. The summed E-state index contributed by atoms with van der Waals surface area (Å²) in [5.74, 6) is -0.347. The lowest BCUT2D eigenvalue weighted by Crippen LogP contribution is -2.12. The van der Waals surface area contributed by atoms with Gasteiger partial charge in [0.1, 0.15) is 5.82 Å². The molecule has 0 aliphatic heterocycles. The van der Waals surface area contributed by atoms with E-state index >= 15 is 0 Å². The predicted molar refractivity (Wildman–Crippen MR) is 86.7 cm³/mol. The van der Waals surface area contributed by atoms with E-state index in [4.69, 9.17) is 0 Å². The first-order valence-electron chi connectivity index (χ1n) is 6.64. The standard InChI is InChI=1S/C17H14FNO2S/c1-12(13-7-9-15(18)10-8-13)17-11-14-5-3-4-6-16(14)19(17)22(2,20)21/h3-11H,1H2,2H3. The predicted octanol–water partition coefficient (Wildman–Crippen LogP) is 3.65. The first kappa shape index (κ1) is 14.5. The normalized spacial score (nSPS) is 11.7. The van der Waals surface area contributed by atoms with Crippen molar-refractivity contribution >= 4 is 26.5 Å². The van der Waals surface area contributed by atoms with Gasteiger partial charge in [-0.25, -0.2) is 16.8 Å². The monoisotopic (exact) mass is 315 g/mol. The second-order valence-corrected chi connectivity index (χ2v) is 6.93. The van der Waals surface area contributed by atoms with Gasteiger partial charge >= 0.3 is 0 Å². The van der Waals surface area contributed by atoms with Crippen LogP contribution in [-0.2, 0) is 10.0 Å². The van der Waals surface area contributed by atoms with E-state index in [-0.39, 0.29) is 5.82 Å². The highest BCUT2D eigenvalue weighted by Crippen LogP contribution is 2.29. The minimum Gasteiger partial charge on any atom is -0.237 e. The fraction of sp³-hybridized carbons (Fsp3) is 0.0588. The highest BCUT2D eigenvalue weighted by Gasteiger charge is 2.18. The van der Waals surface area contributed by atoms with Crippen molar-refractivity contribution in [2.75, 3.05) is 6.26 Å². The van der Waals surface area contributed by atoms with Crippen LogP contribution in [0.2, 0.25) is 0 Å². The summed E-state index contributed by atoms with van der Waals surface area (Å²) in [6.07, 6.45) is 1.15. The van der Waals surface area contributed by atoms with Crippen molar-refractivity contribution in [1.29, 1.82) is 0 Å². The largest absolute Gasteiger partial charge is 0.237 e. The van der Waals surface area contributed by atoms with Crippen LogP contribution in [0.5, 0.6) is 0 Å². The van der Waals surface area contributed by atoms with E-state index in [0.717, 1.165) is 11.6 Å². The molecule has 112 valence electrons. The zero-order valence-electron chi connectivity index (χ0n) is 12.0.